The fourth-order valence-electron chi connectivity index (χ4n) is 4.55. The molecule has 1 aromatic heterocycles. The van der Waals surface area contributed by atoms with Crippen molar-refractivity contribution in [1.29, 1.82) is 0 Å². The Morgan fingerprint density at radius 2 is 1.47 bits per heavy atom. The highest BCUT2D eigenvalue weighted by Crippen LogP contribution is 2.24. The maximum atomic E-state index is 6.13. The van der Waals surface area contributed by atoms with E-state index in [1.807, 2.05) is 19.1 Å². The molecule has 0 aliphatic carbocycles. The molecule has 4 heteroatoms. The zero-order chi connectivity index (χ0) is 24.7. The minimum atomic E-state index is 0.787. The molecule has 0 bridgehead atoms. The minimum absolute atomic E-state index is 0.787. The fraction of sp³-hybridized carbons (Fsp3) is 0.156. The third-order valence-electron chi connectivity index (χ3n) is 6.58. The molecule has 0 amide bonds. The maximum absolute atomic E-state index is 6.13. The Balaban J connectivity index is 1.32. The first-order valence-corrected chi connectivity index (χ1v) is 12.5. The average Bonchev–Trinajstić information content (AvgIpc) is 3.29. The predicted molar refractivity (Wildman–Crippen MR) is 151 cm³/mol. The number of nitrogens with two attached hydrogens (primary N) is 1. The molecule has 4 aromatic carbocycles. The molecule has 0 unspecified atom stereocenters. The van der Waals surface area contributed by atoms with Crippen LogP contribution in [0.2, 0.25) is 0 Å². The van der Waals surface area contributed by atoms with Gasteiger partial charge in [0.25, 0.3) is 0 Å². The van der Waals surface area contributed by atoms with Crippen LogP contribution in [0.1, 0.15) is 33.5 Å². The number of aryl methyl sites for hydroxylation is 1. The summed E-state index contributed by atoms with van der Waals surface area (Å²) in [5.74, 6) is 0. The molecule has 0 saturated carbocycles. The number of aromatic amines is 1. The number of hydrogen-bond acceptors (Lipinski definition) is 3. The Kier molecular flexibility index (Phi) is 7.25. The monoisotopic (exact) mass is 472 g/mol. The first-order valence-electron chi connectivity index (χ1n) is 12.5. The van der Waals surface area contributed by atoms with E-state index < -0.39 is 0 Å². The molecular formula is C32H32N4. The molecule has 3 N–H and O–H groups in total. The first kappa shape index (κ1) is 23.6. The smallest absolute Gasteiger partial charge is 0.0928 e. The normalized spacial score (nSPS) is 11.6. The van der Waals surface area contributed by atoms with Gasteiger partial charge in [-0.3, -0.25) is 10.00 Å². The summed E-state index contributed by atoms with van der Waals surface area (Å²) in [6.45, 7) is 4.83. The minimum Gasteiger partial charge on any atom is -0.398 e. The summed E-state index contributed by atoms with van der Waals surface area (Å²) in [5, 5.41) is 8.65. The molecule has 0 radical (unpaired) electrons. The number of nitrogens with one attached hydrogen (secondary N) is 1. The van der Waals surface area contributed by atoms with Crippen molar-refractivity contribution in [3.63, 3.8) is 0 Å². The topological polar surface area (TPSA) is 57.9 Å². The van der Waals surface area contributed by atoms with Crippen LogP contribution in [0.5, 0.6) is 0 Å². The lowest BCUT2D eigenvalue weighted by Gasteiger charge is -2.23. The van der Waals surface area contributed by atoms with Gasteiger partial charge < -0.3 is 5.73 Å². The van der Waals surface area contributed by atoms with Gasteiger partial charge in [-0.15, -0.1) is 0 Å². The Morgan fingerprint density at radius 3 is 2.25 bits per heavy atom. The molecule has 0 aliphatic heterocycles. The van der Waals surface area contributed by atoms with Gasteiger partial charge in [0.2, 0.25) is 0 Å². The number of nitrogen functional groups attached to an aromatic ring is 1. The summed E-state index contributed by atoms with van der Waals surface area (Å²) in [6, 6.07) is 34.2. The Hall–Kier alpha value is -4.15. The molecule has 0 atom stereocenters. The summed E-state index contributed by atoms with van der Waals surface area (Å²) in [6.07, 6.45) is 5.21. The van der Waals surface area contributed by atoms with Crippen molar-refractivity contribution in [2.45, 2.75) is 26.4 Å². The number of hydrogen-bond donors (Lipinski definition) is 2. The van der Waals surface area contributed by atoms with E-state index in [4.69, 9.17) is 5.73 Å². The molecule has 0 saturated heterocycles. The van der Waals surface area contributed by atoms with Gasteiger partial charge in [0, 0.05) is 30.7 Å². The fourth-order valence-corrected chi connectivity index (χ4v) is 4.55. The van der Waals surface area contributed by atoms with E-state index in [1.54, 1.807) is 0 Å². The third kappa shape index (κ3) is 5.91. The Bertz CT molecular complexity index is 1450. The number of aromatic nitrogens is 2. The van der Waals surface area contributed by atoms with Gasteiger partial charge in [-0.1, -0.05) is 91.0 Å². The van der Waals surface area contributed by atoms with Crippen LogP contribution in [0.4, 0.5) is 5.69 Å². The summed E-state index contributed by atoms with van der Waals surface area (Å²) in [4.78, 5) is 2.53. The molecule has 5 aromatic rings. The molecular weight excluding hydrogens is 440 g/mol. The highest BCUT2D eigenvalue weighted by molar-refractivity contribution is 5.92. The number of rotatable bonds is 9. The van der Waals surface area contributed by atoms with Gasteiger partial charge >= 0.3 is 0 Å². The molecule has 36 heavy (non-hydrogen) atoms. The maximum Gasteiger partial charge on any atom is 0.0928 e. The molecule has 5 rings (SSSR count). The number of anilines is 1. The lowest BCUT2D eigenvalue weighted by Crippen LogP contribution is -2.25. The molecule has 1 heterocycles. The lowest BCUT2D eigenvalue weighted by atomic mass is 10.1. The summed E-state index contributed by atoms with van der Waals surface area (Å²) >= 11 is 0. The van der Waals surface area contributed by atoms with Gasteiger partial charge in [0.1, 0.15) is 0 Å². The second-order valence-corrected chi connectivity index (χ2v) is 9.37. The van der Waals surface area contributed by atoms with E-state index in [0.717, 1.165) is 59.5 Å². The van der Waals surface area contributed by atoms with Crippen LogP contribution >= 0.6 is 0 Å². The van der Waals surface area contributed by atoms with Crippen LogP contribution in [-0.2, 0) is 19.5 Å². The van der Waals surface area contributed by atoms with Crippen LogP contribution in [-0.4, -0.2) is 21.6 Å². The van der Waals surface area contributed by atoms with Crippen molar-refractivity contribution in [3.8, 4) is 0 Å². The largest absolute Gasteiger partial charge is 0.398 e. The van der Waals surface area contributed by atoms with E-state index in [2.05, 4.69) is 112 Å². The van der Waals surface area contributed by atoms with Crippen LogP contribution in [0.3, 0.4) is 0 Å². The van der Waals surface area contributed by atoms with Crippen molar-refractivity contribution in [2.24, 2.45) is 0 Å². The van der Waals surface area contributed by atoms with Gasteiger partial charge in [-0.05, 0) is 59.4 Å². The SMILES string of the molecule is Cc1cc2[nH]nc(/C=C/c3cccc(CN(CCc4ccccc4)Cc4ccccc4)c3)c2cc1N. The Labute approximate surface area is 213 Å². The van der Waals surface area contributed by atoms with E-state index in [-0.39, 0.29) is 0 Å². The van der Waals surface area contributed by atoms with Gasteiger partial charge in [0.05, 0.1) is 11.2 Å². The van der Waals surface area contributed by atoms with Gasteiger partial charge in [0.15, 0.2) is 0 Å². The zero-order valence-electron chi connectivity index (χ0n) is 20.7. The highest BCUT2D eigenvalue weighted by Gasteiger charge is 2.09. The van der Waals surface area contributed by atoms with E-state index >= 15 is 0 Å². The summed E-state index contributed by atoms with van der Waals surface area (Å²) < 4.78 is 0. The zero-order valence-corrected chi connectivity index (χ0v) is 20.7. The van der Waals surface area contributed by atoms with Crippen molar-refractivity contribution >= 4 is 28.7 Å². The summed E-state index contributed by atoms with van der Waals surface area (Å²) in [7, 11) is 0. The molecule has 180 valence electrons. The van der Waals surface area contributed by atoms with Gasteiger partial charge in [-0.2, -0.15) is 5.10 Å². The van der Waals surface area contributed by atoms with Crippen LogP contribution < -0.4 is 5.73 Å². The second-order valence-electron chi connectivity index (χ2n) is 9.37. The van der Waals surface area contributed by atoms with Crippen LogP contribution in [0, 0.1) is 6.92 Å². The molecule has 0 fully saturated rings. The number of benzene rings is 4. The van der Waals surface area contributed by atoms with Crippen molar-refractivity contribution in [2.75, 3.05) is 12.3 Å². The third-order valence-corrected chi connectivity index (χ3v) is 6.58. The predicted octanol–water partition coefficient (Wildman–Crippen LogP) is 6.87. The van der Waals surface area contributed by atoms with Crippen molar-refractivity contribution in [1.82, 2.24) is 15.1 Å². The van der Waals surface area contributed by atoms with Crippen molar-refractivity contribution < 1.29 is 0 Å². The Morgan fingerprint density at radius 1 is 0.778 bits per heavy atom. The van der Waals surface area contributed by atoms with E-state index in [9.17, 15) is 0 Å². The number of nitrogens with zero attached hydrogens (tertiary/aromatic N) is 2. The summed E-state index contributed by atoms with van der Waals surface area (Å²) in [5.41, 5.74) is 15.0. The van der Waals surface area contributed by atoms with Crippen LogP contribution in [0.25, 0.3) is 23.1 Å². The molecule has 0 spiro atoms. The molecule has 0 aliphatic rings. The highest BCUT2D eigenvalue weighted by atomic mass is 15.1. The van der Waals surface area contributed by atoms with Crippen molar-refractivity contribution in [3.05, 3.63) is 131 Å². The van der Waals surface area contributed by atoms with Gasteiger partial charge in [-0.25, -0.2) is 0 Å². The lowest BCUT2D eigenvalue weighted by molar-refractivity contribution is 0.260. The van der Waals surface area contributed by atoms with Crippen LogP contribution in [0.15, 0.2) is 97.1 Å². The number of H-pyrrole nitrogens is 1. The quantitative estimate of drug-likeness (QED) is 0.230. The first-order chi connectivity index (χ1) is 17.6. The standard InChI is InChI=1S/C32H32N4/c1-24-19-32-29(21-30(24)33)31(34-35-32)16-15-26-13-8-14-28(20-26)23-36(22-27-11-6-3-7-12-27)18-17-25-9-4-2-5-10-25/h2-16,19-21H,17-18,22-23,33H2,1H3,(H,34,35)/b16-15+. The van der Waals surface area contributed by atoms with E-state index in [0.29, 0.717) is 0 Å². The van der Waals surface area contributed by atoms with E-state index in [1.165, 1.54) is 16.7 Å². The molecule has 4 nitrogen and oxygen atoms in total. The average molecular weight is 473 g/mol. The second kappa shape index (κ2) is 11.1. The number of fused-ring (bicyclic) bond motifs is 1.